The van der Waals surface area contributed by atoms with Crippen LogP contribution < -0.4 is 10.6 Å². The van der Waals surface area contributed by atoms with Crippen LogP contribution in [-0.2, 0) is 9.59 Å². The molecule has 2 rings (SSSR count). The topological polar surface area (TPSA) is 71.1 Å². The summed E-state index contributed by atoms with van der Waals surface area (Å²) < 4.78 is 0. The van der Waals surface area contributed by atoms with Crippen molar-refractivity contribution >= 4 is 28.4 Å². The lowest BCUT2D eigenvalue weighted by molar-refractivity contribution is -0.119. The van der Waals surface area contributed by atoms with Crippen LogP contribution in [0, 0.1) is 0 Å². The van der Waals surface area contributed by atoms with Crippen LogP contribution in [0.25, 0.3) is 10.9 Å². The summed E-state index contributed by atoms with van der Waals surface area (Å²) in [5.41, 5.74) is 1.64. The van der Waals surface area contributed by atoms with Crippen LogP contribution in [0.3, 0.4) is 0 Å². The van der Waals surface area contributed by atoms with Gasteiger partial charge in [-0.05, 0) is 25.0 Å². The molecule has 0 aliphatic heterocycles. The molecule has 22 heavy (non-hydrogen) atoms. The second-order valence-corrected chi connectivity index (χ2v) is 5.26. The third-order valence-corrected chi connectivity index (χ3v) is 3.33. The van der Waals surface area contributed by atoms with Crippen molar-refractivity contribution in [3.63, 3.8) is 0 Å². The molecule has 0 unspecified atom stereocenters. The van der Waals surface area contributed by atoms with Gasteiger partial charge in [0, 0.05) is 25.3 Å². The monoisotopic (exact) mass is 299 g/mol. The van der Waals surface area contributed by atoms with Crippen molar-refractivity contribution in [2.75, 3.05) is 11.9 Å². The van der Waals surface area contributed by atoms with E-state index in [0.29, 0.717) is 13.0 Å². The standard InChI is InChI=1S/C17H21N3O2/c1-13(21)18-10-6-2-3-9-17(22)20-15-11-14-7-4-5-8-16(14)19-12-15/h4-5,7-8,11-12H,2-3,6,9-10H2,1H3,(H,18,21)(H,20,22). The highest BCUT2D eigenvalue weighted by Gasteiger charge is 2.03. The zero-order valence-electron chi connectivity index (χ0n) is 12.8. The molecule has 0 radical (unpaired) electrons. The number of aromatic nitrogens is 1. The second kappa shape index (κ2) is 8.12. The molecule has 2 amide bonds. The van der Waals surface area contributed by atoms with E-state index < -0.39 is 0 Å². The van der Waals surface area contributed by atoms with Gasteiger partial charge in [0.2, 0.25) is 11.8 Å². The number of carbonyl (C=O) groups is 2. The SMILES string of the molecule is CC(=O)NCCCCCC(=O)Nc1cnc2ccccc2c1. The van der Waals surface area contributed by atoms with E-state index in [2.05, 4.69) is 15.6 Å². The molecule has 0 atom stereocenters. The Labute approximate surface area is 130 Å². The molecule has 116 valence electrons. The molecule has 5 nitrogen and oxygen atoms in total. The number of fused-ring (bicyclic) bond motifs is 1. The van der Waals surface area contributed by atoms with E-state index in [-0.39, 0.29) is 11.8 Å². The molecule has 1 aromatic heterocycles. The molecular weight excluding hydrogens is 278 g/mol. The van der Waals surface area contributed by atoms with Crippen LogP contribution in [0.2, 0.25) is 0 Å². The molecule has 2 aromatic rings. The predicted octanol–water partition coefficient (Wildman–Crippen LogP) is 2.87. The Morgan fingerprint density at radius 1 is 1.14 bits per heavy atom. The van der Waals surface area contributed by atoms with Gasteiger partial charge in [-0.25, -0.2) is 0 Å². The number of pyridine rings is 1. The Bertz CT molecular complexity index is 655. The van der Waals surface area contributed by atoms with E-state index in [0.717, 1.165) is 35.9 Å². The number of anilines is 1. The smallest absolute Gasteiger partial charge is 0.224 e. The van der Waals surface area contributed by atoms with Gasteiger partial charge in [-0.3, -0.25) is 14.6 Å². The number of benzene rings is 1. The van der Waals surface area contributed by atoms with Crippen molar-refractivity contribution in [1.82, 2.24) is 10.3 Å². The van der Waals surface area contributed by atoms with Crippen molar-refractivity contribution in [3.05, 3.63) is 36.5 Å². The number of nitrogens with one attached hydrogen (secondary N) is 2. The summed E-state index contributed by atoms with van der Waals surface area (Å²) in [5.74, 6) is -0.0156. The zero-order chi connectivity index (χ0) is 15.8. The maximum atomic E-state index is 11.9. The fourth-order valence-electron chi connectivity index (χ4n) is 2.21. The van der Waals surface area contributed by atoms with Gasteiger partial charge < -0.3 is 10.6 Å². The molecule has 0 aliphatic rings. The highest BCUT2D eigenvalue weighted by Crippen LogP contribution is 2.16. The van der Waals surface area contributed by atoms with Crippen molar-refractivity contribution in [1.29, 1.82) is 0 Å². The summed E-state index contributed by atoms with van der Waals surface area (Å²) in [6.45, 7) is 2.18. The third kappa shape index (κ3) is 5.16. The Hall–Kier alpha value is -2.43. The highest BCUT2D eigenvalue weighted by atomic mass is 16.2. The minimum atomic E-state index is -0.0125. The summed E-state index contributed by atoms with van der Waals surface area (Å²) in [6, 6.07) is 9.73. The van der Waals surface area contributed by atoms with Gasteiger partial charge in [-0.2, -0.15) is 0 Å². The van der Waals surface area contributed by atoms with E-state index in [1.165, 1.54) is 6.92 Å². The van der Waals surface area contributed by atoms with Crippen LogP contribution in [0.1, 0.15) is 32.6 Å². The van der Waals surface area contributed by atoms with E-state index in [1.54, 1.807) is 6.20 Å². The van der Waals surface area contributed by atoms with Gasteiger partial charge in [0.25, 0.3) is 0 Å². The quantitative estimate of drug-likeness (QED) is 0.772. The number of unbranched alkanes of at least 4 members (excludes halogenated alkanes) is 2. The fourth-order valence-corrected chi connectivity index (χ4v) is 2.21. The van der Waals surface area contributed by atoms with Crippen molar-refractivity contribution in [3.8, 4) is 0 Å². The van der Waals surface area contributed by atoms with Gasteiger partial charge in [-0.1, -0.05) is 24.6 Å². The van der Waals surface area contributed by atoms with Crippen LogP contribution in [-0.4, -0.2) is 23.3 Å². The summed E-state index contributed by atoms with van der Waals surface area (Å²) in [4.78, 5) is 26.9. The molecule has 5 heteroatoms. The molecule has 0 saturated heterocycles. The first-order valence-corrected chi connectivity index (χ1v) is 7.54. The van der Waals surface area contributed by atoms with E-state index in [9.17, 15) is 9.59 Å². The van der Waals surface area contributed by atoms with E-state index in [4.69, 9.17) is 0 Å². The predicted molar refractivity (Wildman–Crippen MR) is 87.5 cm³/mol. The van der Waals surface area contributed by atoms with Gasteiger partial charge in [0.15, 0.2) is 0 Å². The first kappa shape index (κ1) is 15.9. The number of nitrogens with zero attached hydrogens (tertiary/aromatic N) is 1. The van der Waals surface area contributed by atoms with Crippen LogP contribution in [0.15, 0.2) is 36.5 Å². The molecule has 0 saturated carbocycles. The normalized spacial score (nSPS) is 10.4. The Morgan fingerprint density at radius 3 is 2.77 bits per heavy atom. The lowest BCUT2D eigenvalue weighted by atomic mass is 10.1. The molecule has 0 fully saturated rings. The molecule has 2 N–H and O–H groups in total. The van der Waals surface area contributed by atoms with Gasteiger partial charge in [0.1, 0.15) is 0 Å². The van der Waals surface area contributed by atoms with Crippen LogP contribution >= 0.6 is 0 Å². The van der Waals surface area contributed by atoms with Crippen LogP contribution in [0.5, 0.6) is 0 Å². The molecule has 0 bridgehead atoms. The van der Waals surface area contributed by atoms with Crippen LogP contribution in [0.4, 0.5) is 5.69 Å². The van der Waals surface area contributed by atoms with E-state index in [1.807, 2.05) is 30.3 Å². The summed E-state index contributed by atoms with van der Waals surface area (Å²) in [5, 5.41) is 6.62. The minimum Gasteiger partial charge on any atom is -0.356 e. The number of carbonyl (C=O) groups excluding carboxylic acids is 2. The minimum absolute atomic E-state index is 0.00314. The molecule has 0 spiro atoms. The Balaban J connectivity index is 1.73. The highest BCUT2D eigenvalue weighted by molar-refractivity contribution is 5.93. The van der Waals surface area contributed by atoms with Gasteiger partial charge in [0.05, 0.1) is 17.4 Å². The maximum Gasteiger partial charge on any atom is 0.224 e. The molecular formula is C17H21N3O2. The van der Waals surface area contributed by atoms with Crippen molar-refractivity contribution < 1.29 is 9.59 Å². The lowest BCUT2D eigenvalue weighted by Gasteiger charge is -2.06. The largest absolute Gasteiger partial charge is 0.356 e. The maximum absolute atomic E-state index is 11.9. The summed E-state index contributed by atoms with van der Waals surface area (Å²) in [6.07, 6.45) is 4.78. The number of rotatable bonds is 7. The molecule has 0 aliphatic carbocycles. The second-order valence-electron chi connectivity index (χ2n) is 5.26. The Morgan fingerprint density at radius 2 is 1.95 bits per heavy atom. The number of amides is 2. The third-order valence-electron chi connectivity index (χ3n) is 3.33. The summed E-state index contributed by atoms with van der Waals surface area (Å²) >= 11 is 0. The fraction of sp³-hybridized carbons (Fsp3) is 0.353. The van der Waals surface area contributed by atoms with Gasteiger partial charge in [-0.15, -0.1) is 0 Å². The molecule has 1 heterocycles. The first-order chi connectivity index (χ1) is 10.6. The van der Waals surface area contributed by atoms with Crippen molar-refractivity contribution in [2.45, 2.75) is 32.6 Å². The van der Waals surface area contributed by atoms with Crippen molar-refractivity contribution in [2.24, 2.45) is 0 Å². The number of hydrogen-bond donors (Lipinski definition) is 2. The number of hydrogen-bond acceptors (Lipinski definition) is 3. The Kier molecular flexibility index (Phi) is 5.89. The average molecular weight is 299 g/mol. The number of para-hydroxylation sites is 1. The molecule has 1 aromatic carbocycles. The van der Waals surface area contributed by atoms with E-state index >= 15 is 0 Å². The van der Waals surface area contributed by atoms with Gasteiger partial charge >= 0.3 is 0 Å². The summed E-state index contributed by atoms with van der Waals surface area (Å²) in [7, 11) is 0. The average Bonchev–Trinajstić information content (AvgIpc) is 2.50. The lowest BCUT2D eigenvalue weighted by Crippen LogP contribution is -2.20. The first-order valence-electron chi connectivity index (χ1n) is 7.54. The zero-order valence-corrected chi connectivity index (χ0v) is 12.8.